The second-order valence-corrected chi connectivity index (χ2v) is 7.10. The van der Waals surface area contributed by atoms with Crippen molar-refractivity contribution in [1.29, 1.82) is 0 Å². The number of carbonyl (C=O) groups is 1. The first-order chi connectivity index (χ1) is 10.4. The summed E-state index contributed by atoms with van der Waals surface area (Å²) in [4.78, 5) is 13.0. The molecule has 0 heterocycles. The maximum atomic E-state index is 13.0. The molecule has 2 unspecified atom stereocenters. The van der Waals surface area contributed by atoms with Crippen molar-refractivity contribution in [2.75, 3.05) is 34.3 Å². The van der Waals surface area contributed by atoms with Gasteiger partial charge in [-0.3, -0.25) is 4.79 Å². The van der Waals surface area contributed by atoms with Crippen LogP contribution in [0.1, 0.15) is 25.3 Å². The Bertz CT molecular complexity index is 530. The van der Waals surface area contributed by atoms with E-state index in [1.807, 2.05) is 25.1 Å². The van der Waals surface area contributed by atoms with Crippen molar-refractivity contribution in [3.63, 3.8) is 0 Å². The summed E-state index contributed by atoms with van der Waals surface area (Å²) in [6.07, 6.45) is 6.16. The van der Waals surface area contributed by atoms with E-state index in [-0.39, 0.29) is 11.9 Å². The van der Waals surface area contributed by atoms with Crippen molar-refractivity contribution in [1.82, 2.24) is 0 Å². The zero-order valence-corrected chi connectivity index (χ0v) is 14.2. The normalized spacial score (nSPS) is 25.0. The third-order valence-corrected chi connectivity index (χ3v) is 4.38. The molecule has 1 aromatic rings. The first kappa shape index (κ1) is 16.8. The molecule has 0 saturated carbocycles. The van der Waals surface area contributed by atoms with Gasteiger partial charge in [0.1, 0.15) is 5.41 Å². The van der Waals surface area contributed by atoms with Gasteiger partial charge in [0, 0.05) is 5.92 Å². The minimum atomic E-state index is -0.558. The van der Waals surface area contributed by atoms with Gasteiger partial charge >= 0.3 is 5.97 Å². The van der Waals surface area contributed by atoms with E-state index in [4.69, 9.17) is 4.74 Å². The summed E-state index contributed by atoms with van der Waals surface area (Å²) in [6, 6.07) is 10.2. The Morgan fingerprint density at radius 1 is 1.27 bits per heavy atom. The minimum absolute atomic E-state index is 0.0796. The van der Waals surface area contributed by atoms with Gasteiger partial charge in [0.2, 0.25) is 0 Å². The number of hydrogen-bond acceptors (Lipinski definition) is 2. The molecule has 0 fully saturated rings. The van der Waals surface area contributed by atoms with Crippen molar-refractivity contribution < 1.29 is 14.0 Å². The van der Waals surface area contributed by atoms with Crippen LogP contribution >= 0.6 is 0 Å². The number of quaternary nitrogens is 1. The van der Waals surface area contributed by atoms with Gasteiger partial charge in [0.05, 0.1) is 34.3 Å². The van der Waals surface area contributed by atoms with Crippen molar-refractivity contribution in [3.8, 4) is 0 Å². The molecule has 0 saturated heterocycles. The third-order valence-electron chi connectivity index (χ3n) is 4.38. The fourth-order valence-electron chi connectivity index (χ4n) is 3.45. The molecule has 1 aliphatic carbocycles. The van der Waals surface area contributed by atoms with E-state index in [1.165, 1.54) is 0 Å². The van der Waals surface area contributed by atoms with Crippen LogP contribution in [0.25, 0.3) is 0 Å². The zero-order chi connectivity index (χ0) is 16.2. The van der Waals surface area contributed by atoms with Crippen molar-refractivity contribution >= 4 is 5.97 Å². The number of carbonyl (C=O) groups excluding carboxylic acids is 1. The Balaban J connectivity index is 2.50. The molecule has 0 bridgehead atoms. The molecule has 2 rings (SSSR count). The second-order valence-electron chi connectivity index (χ2n) is 7.10. The summed E-state index contributed by atoms with van der Waals surface area (Å²) >= 11 is 0. The Hall–Kier alpha value is -1.61. The maximum absolute atomic E-state index is 13.0. The molecule has 1 aromatic carbocycles. The number of benzene rings is 1. The van der Waals surface area contributed by atoms with E-state index >= 15 is 0 Å². The van der Waals surface area contributed by atoms with E-state index in [0.29, 0.717) is 6.61 Å². The van der Waals surface area contributed by atoms with E-state index in [9.17, 15) is 4.79 Å². The lowest BCUT2D eigenvalue weighted by Gasteiger charge is -2.42. The van der Waals surface area contributed by atoms with Gasteiger partial charge in [-0.05, 0) is 25.3 Å². The van der Waals surface area contributed by atoms with E-state index in [2.05, 4.69) is 45.4 Å². The Morgan fingerprint density at radius 3 is 2.55 bits per heavy atom. The monoisotopic (exact) mass is 302 g/mol. The van der Waals surface area contributed by atoms with Gasteiger partial charge < -0.3 is 9.22 Å². The van der Waals surface area contributed by atoms with E-state index in [1.54, 1.807) is 0 Å². The number of hydrogen-bond donors (Lipinski definition) is 0. The molecule has 3 nitrogen and oxygen atoms in total. The van der Waals surface area contributed by atoms with Crippen LogP contribution in [0.2, 0.25) is 0 Å². The average Bonchev–Trinajstić information content (AvgIpc) is 2.47. The van der Waals surface area contributed by atoms with Crippen LogP contribution in [0.3, 0.4) is 0 Å². The molecule has 0 spiro atoms. The van der Waals surface area contributed by atoms with Crippen LogP contribution in [-0.4, -0.2) is 44.7 Å². The SMILES string of the molecule is CCOC(=O)C1(c2ccccc2)CCC=CC1C[N+](C)(C)C. The molecule has 120 valence electrons. The summed E-state index contributed by atoms with van der Waals surface area (Å²) in [7, 11) is 6.51. The third kappa shape index (κ3) is 3.41. The Morgan fingerprint density at radius 2 is 1.95 bits per heavy atom. The maximum Gasteiger partial charge on any atom is 0.317 e. The topological polar surface area (TPSA) is 26.3 Å². The summed E-state index contributed by atoms with van der Waals surface area (Å²) < 4.78 is 6.33. The van der Waals surface area contributed by atoms with Crippen LogP contribution in [0.5, 0.6) is 0 Å². The molecule has 3 heteroatoms. The van der Waals surface area contributed by atoms with Gasteiger partial charge in [-0.1, -0.05) is 42.5 Å². The van der Waals surface area contributed by atoms with Crippen molar-refractivity contribution in [2.24, 2.45) is 5.92 Å². The Labute approximate surface area is 134 Å². The molecule has 0 aromatic heterocycles. The van der Waals surface area contributed by atoms with Gasteiger partial charge in [-0.25, -0.2) is 0 Å². The van der Waals surface area contributed by atoms with Gasteiger partial charge in [-0.15, -0.1) is 0 Å². The second kappa shape index (κ2) is 6.66. The number of esters is 1. The van der Waals surface area contributed by atoms with Crippen LogP contribution in [-0.2, 0) is 14.9 Å². The summed E-state index contributed by atoms with van der Waals surface area (Å²) in [5.74, 6) is 0.0756. The molecule has 0 radical (unpaired) electrons. The molecule has 0 N–H and O–H groups in total. The van der Waals surface area contributed by atoms with Crippen molar-refractivity contribution in [2.45, 2.75) is 25.2 Å². The smallest absolute Gasteiger partial charge is 0.317 e. The highest BCUT2D eigenvalue weighted by atomic mass is 16.5. The minimum Gasteiger partial charge on any atom is -0.465 e. The van der Waals surface area contributed by atoms with Crippen LogP contribution in [0, 0.1) is 5.92 Å². The lowest BCUT2D eigenvalue weighted by molar-refractivity contribution is -0.873. The molecule has 0 amide bonds. The standard InChI is InChI=1S/C19H28NO2/c1-5-22-18(21)19(16-11-7-6-8-12-16)14-10-9-13-17(19)15-20(2,3)4/h6-9,11-13,17H,5,10,14-15H2,1-4H3/q+1. The highest BCUT2D eigenvalue weighted by Gasteiger charge is 2.49. The molecular formula is C19H28NO2+. The first-order valence-electron chi connectivity index (χ1n) is 8.10. The average molecular weight is 302 g/mol. The fourth-order valence-corrected chi connectivity index (χ4v) is 3.45. The lowest BCUT2D eigenvalue weighted by atomic mass is 9.64. The van der Waals surface area contributed by atoms with Crippen LogP contribution < -0.4 is 0 Å². The predicted octanol–water partition coefficient (Wildman–Crippen LogP) is 3.16. The highest BCUT2D eigenvalue weighted by Crippen LogP contribution is 2.42. The Kier molecular flexibility index (Phi) is 5.07. The fraction of sp³-hybridized carbons (Fsp3) is 0.526. The highest BCUT2D eigenvalue weighted by molar-refractivity contribution is 5.84. The number of allylic oxidation sites excluding steroid dienone is 1. The predicted molar refractivity (Wildman–Crippen MR) is 89.5 cm³/mol. The quantitative estimate of drug-likeness (QED) is 0.474. The first-order valence-corrected chi connectivity index (χ1v) is 8.10. The number of ether oxygens (including phenoxy) is 1. The summed E-state index contributed by atoms with van der Waals surface area (Å²) in [5.41, 5.74) is 0.522. The largest absolute Gasteiger partial charge is 0.465 e. The van der Waals surface area contributed by atoms with Crippen LogP contribution in [0.4, 0.5) is 0 Å². The van der Waals surface area contributed by atoms with E-state index < -0.39 is 5.41 Å². The van der Waals surface area contributed by atoms with Gasteiger partial charge in [0.15, 0.2) is 0 Å². The molecule has 0 aliphatic heterocycles. The summed E-state index contributed by atoms with van der Waals surface area (Å²) in [5, 5.41) is 0. The number of rotatable bonds is 5. The zero-order valence-electron chi connectivity index (χ0n) is 14.2. The molecular weight excluding hydrogens is 274 g/mol. The lowest BCUT2D eigenvalue weighted by Crippen LogP contribution is -2.52. The van der Waals surface area contributed by atoms with E-state index in [0.717, 1.165) is 29.4 Å². The number of nitrogens with zero attached hydrogens (tertiary/aromatic N) is 1. The van der Waals surface area contributed by atoms with Gasteiger partial charge in [0.25, 0.3) is 0 Å². The van der Waals surface area contributed by atoms with Crippen LogP contribution in [0.15, 0.2) is 42.5 Å². The summed E-state index contributed by atoms with van der Waals surface area (Å²) in [6.45, 7) is 3.21. The molecule has 22 heavy (non-hydrogen) atoms. The molecule has 1 aliphatic rings. The van der Waals surface area contributed by atoms with Gasteiger partial charge in [-0.2, -0.15) is 0 Å². The molecule has 2 atom stereocenters. The van der Waals surface area contributed by atoms with Crippen molar-refractivity contribution in [3.05, 3.63) is 48.0 Å².